The van der Waals surface area contributed by atoms with E-state index in [0.717, 1.165) is 11.8 Å². The minimum absolute atomic E-state index is 0.0160. The highest BCUT2D eigenvalue weighted by Crippen LogP contribution is 2.24. The van der Waals surface area contributed by atoms with Gasteiger partial charge in [0.2, 0.25) is 0 Å². The van der Waals surface area contributed by atoms with Crippen LogP contribution in [-0.2, 0) is 0 Å². The Hall–Kier alpha value is 0.430. The molecule has 94 valence electrons. The first-order valence-corrected chi connectivity index (χ1v) is 7.04. The minimum Gasteiger partial charge on any atom is -0.329 e. The zero-order chi connectivity index (χ0) is 12.9. The van der Waals surface area contributed by atoms with Crippen molar-refractivity contribution in [3.63, 3.8) is 0 Å². The van der Waals surface area contributed by atoms with E-state index in [0.29, 0.717) is 10.8 Å². The summed E-state index contributed by atoms with van der Waals surface area (Å²) in [4.78, 5) is 13.7. The molecule has 0 bridgehead atoms. The van der Waals surface area contributed by atoms with Crippen molar-refractivity contribution < 1.29 is 4.79 Å². The Labute approximate surface area is 116 Å². The van der Waals surface area contributed by atoms with Gasteiger partial charge in [-0.3, -0.25) is 4.79 Å². The summed E-state index contributed by atoms with van der Waals surface area (Å²) >= 11 is 17.8. The Kier molecular flexibility index (Phi) is 7.90. The average Bonchev–Trinajstić information content (AvgIpc) is 2.12. The van der Waals surface area contributed by atoms with Crippen molar-refractivity contribution in [3.8, 4) is 0 Å². The molecule has 0 aliphatic heterocycles. The van der Waals surface area contributed by atoms with Crippen LogP contribution in [0.1, 0.15) is 27.7 Å². The molecular weight excluding hydrogens is 294 g/mol. The van der Waals surface area contributed by atoms with E-state index in [-0.39, 0.29) is 21.8 Å². The topological polar surface area (TPSA) is 20.3 Å². The van der Waals surface area contributed by atoms with E-state index in [9.17, 15) is 4.79 Å². The van der Waals surface area contributed by atoms with Gasteiger partial charge in [-0.05, 0) is 27.7 Å². The highest BCUT2D eigenvalue weighted by molar-refractivity contribution is 8.13. The van der Waals surface area contributed by atoms with Crippen molar-refractivity contribution in [1.82, 2.24) is 4.90 Å². The molecule has 0 radical (unpaired) electrons. The van der Waals surface area contributed by atoms with Crippen LogP contribution in [0.3, 0.4) is 0 Å². The minimum atomic E-state index is -0.0160. The van der Waals surface area contributed by atoms with Gasteiger partial charge in [0.05, 0.1) is 5.03 Å². The third-order valence-corrected chi connectivity index (χ3v) is 3.87. The quantitative estimate of drug-likeness (QED) is 0.692. The molecular formula is C10H16Cl3NOS. The maximum absolute atomic E-state index is 11.9. The third kappa shape index (κ3) is 5.67. The predicted octanol–water partition coefficient (Wildman–Crippen LogP) is 4.84. The maximum Gasteiger partial charge on any atom is 0.282 e. The van der Waals surface area contributed by atoms with E-state index in [4.69, 9.17) is 34.8 Å². The zero-order valence-electron chi connectivity index (χ0n) is 9.76. The van der Waals surface area contributed by atoms with Crippen LogP contribution in [0.25, 0.3) is 0 Å². The van der Waals surface area contributed by atoms with Gasteiger partial charge in [0.25, 0.3) is 5.24 Å². The van der Waals surface area contributed by atoms with E-state index >= 15 is 0 Å². The Balaban J connectivity index is 4.40. The molecule has 0 fully saturated rings. The average molecular weight is 311 g/mol. The number of hydrogen-bond acceptors (Lipinski definition) is 2. The number of halogens is 3. The fourth-order valence-electron chi connectivity index (χ4n) is 1.27. The lowest BCUT2D eigenvalue weighted by molar-refractivity contribution is 0.190. The molecule has 0 aliphatic carbocycles. The molecule has 0 aliphatic rings. The second kappa shape index (κ2) is 7.70. The van der Waals surface area contributed by atoms with Gasteiger partial charge in [-0.1, -0.05) is 46.6 Å². The van der Waals surface area contributed by atoms with Gasteiger partial charge in [0.1, 0.15) is 4.49 Å². The second-order valence-electron chi connectivity index (χ2n) is 3.81. The van der Waals surface area contributed by atoms with E-state index in [1.807, 2.05) is 27.7 Å². The van der Waals surface area contributed by atoms with Gasteiger partial charge in [0, 0.05) is 17.8 Å². The van der Waals surface area contributed by atoms with Gasteiger partial charge in [-0.15, -0.1) is 0 Å². The largest absolute Gasteiger partial charge is 0.329 e. The van der Waals surface area contributed by atoms with Crippen LogP contribution in [0.4, 0.5) is 4.79 Å². The van der Waals surface area contributed by atoms with Crippen LogP contribution < -0.4 is 0 Å². The molecule has 16 heavy (non-hydrogen) atoms. The number of thioether (sulfide) groups is 1. The molecule has 0 spiro atoms. The standard InChI is InChI=1S/C10H16Cl3NOS/c1-6(2)14(7(3)4)10(15)16-5-8(11)9(12)13/h6-7H,5H2,1-4H3/i1+1,2+1,3+1,4+1,6+1,7+1. The summed E-state index contributed by atoms with van der Waals surface area (Å²) in [6.45, 7) is 7.91. The van der Waals surface area contributed by atoms with E-state index < -0.39 is 0 Å². The van der Waals surface area contributed by atoms with E-state index in [1.54, 1.807) is 4.90 Å². The molecule has 6 heteroatoms. The SMILES string of the molecule is [13CH3][13CH]([13CH3])N(C(=O)SCC(Cl)=C(Cl)Cl)[13CH]([13CH3])[13CH3]. The molecule has 0 saturated heterocycles. The summed E-state index contributed by atoms with van der Waals surface area (Å²) in [6.07, 6.45) is 0. The lowest BCUT2D eigenvalue weighted by Crippen LogP contribution is -2.39. The Morgan fingerprint density at radius 2 is 1.56 bits per heavy atom. The van der Waals surface area contributed by atoms with Crippen LogP contribution in [0, 0.1) is 0 Å². The third-order valence-electron chi connectivity index (χ3n) is 1.85. The fourth-order valence-corrected chi connectivity index (χ4v) is 2.69. The molecule has 0 aromatic rings. The highest BCUT2D eigenvalue weighted by atomic mass is 35.5. The summed E-state index contributed by atoms with van der Waals surface area (Å²) in [5.74, 6) is 0.304. The van der Waals surface area contributed by atoms with E-state index in [1.165, 1.54) is 0 Å². The normalized spacial score (nSPS) is 10.8. The number of hydrogen-bond donors (Lipinski definition) is 0. The van der Waals surface area contributed by atoms with Crippen LogP contribution in [-0.4, -0.2) is 28.0 Å². The van der Waals surface area contributed by atoms with Gasteiger partial charge >= 0.3 is 0 Å². The molecule has 0 saturated carbocycles. The molecule has 0 heterocycles. The van der Waals surface area contributed by atoms with Crippen molar-refractivity contribution in [1.29, 1.82) is 0 Å². The zero-order valence-corrected chi connectivity index (χ0v) is 12.8. The van der Waals surface area contributed by atoms with Crippen molar-refractivity contribution in [2.24, 2.45) is 0 Å². The molecule has 0 unspecified atom stereocenters. The molecule has 0 aromatic heterocycles. The van der Waals surface area contributed by atoms with Crippen molar-refractivity contribution in [2.45, 2.75) is 39.8 Å². The summed E-state index contributed by atoms with van der Waals surface area (Å²) in [6, 6.07) is 0.323. The fraction of sp³-hybridized carbons (Fsp3) is 0.700. The number of nitrogens with zero attached hydrogens (tertiary/aromatic N) is 1. The number of carbonyl (C=O) groups is 1. The van der Waals surface area contributed by atoms with Crippen LogP contribution in [0.5, 0.6) is 0 Å². The summed E-state index contributed by atoms with van der Waals surface area (Å²) in [5.41, 5.74) is 0. The van der Waals surface area contributed by atoms with Crippen LogP contribution in [0.2, 0.25) is 0 Å². The van der Waals surface area contributed by atoms with Gasteiger partial charge in [-0.2, -0.15) is 0 Å². The van der Waals surface area contributed by atoms with Crippen molar-refractivity contribution in [2.75, 3.05) is 5.75 Å². The molecule has 0 aromatic carbocycles. The molecule has 0 rings (SSSR count). The van der Waals surface area contributed by atoms with Crippen molar-refractivity contribution in [3.05, 3.63) is 9.52 Å². The van der Waals surface area contributed by atoms with E-state index in [2.05, 4.69) is 0 Å². The smallest absolute Gasteiger partial charge is 0.282 e. The maximum atomic E-state index is 11.9. The first-order valence-electron chi connectivity index (χ1n) is 4.92. The summed E-state index contributed by atoms with van der Waals surface area (Å²) in [7, 11) is 0. The Bertz CT molecular complexity index is 267. The van der Waals surface area contributed by atoms with Gasteiger partial charge < -0.3 is 4.90 Å². The van der Waals surface area contributed by atoms with Gasteiger partial charge in [-0.25, -0.2) is 0 Å². The first-order chi connectivity index (χ1) is 7.27. The Morgan fingerprint density at radius 3 is 1.88 bits per heavy atom. The predicted molar refractivity (Wildman–Crippen MR) is 74.6 cm³/mol. The lowest BCUT2D eigenvalue weighted by atomic mass is 10.7. The lowest BCUT2D eigenvalue weighted by Gasteiger charge is -2.30. The molecule has 1 amide bonds. The molecule has 2 nitrogen and oxygen atoms in total. The highest BCUT2D eigenvalue weighted by Gasteiger charge is 2.20. The molecule has 0 N–H and O–H groups in total. The molecule has 0 atom stereocenters. The first kappa shape index (κ1) is 16.4. The Morgan fingerprint density at radius 1 is 1.12 bits per heavy atom. The van der Waals surface area contributed by atoms with Gasteiger partial charge in [0.15, 0.2) is 0 Å². The number of rotatable bonds is 4. The summed E-state index contributed by atoms with van der Waals surface area (Å²) < 4.78 is 0.0163. The monoisotopic (exact) mass is 309 g/mol. The number of amides is 1. The second-order valence-corrected chi connectivity index (χ2v) is 6.15. The number of carbonyl (C=O) groups excluding carboxylic acids is 1. The summed E-state index contributed by atoms with van der Waals surface area (Å²) in [5, 5.41) is 0.284. The van der Waals surface area contributed by atoms with Crippen molar-refractivity contribution >= 4 is 51.8 Å². The van der Waals surface area contributed by atoms with Crippen LogP contribution >= 0.6 is 46.6 Å². The van der Waals surface area contributed by atoms with Crippen LogP contribution in [0.15, 0.2) is 9.52 Å².